The number of aryl methyl sites for hydroxylation is 1. The van der Waals surface area contributed by atoms with Gasteiger partial charge in [-0.15, -0.1) is 10.2 Å². The van der Waals surface area contributed by atoms with Gasteiger partial charge in [-0.25, -0.2) is 0 Å². The Morgan fingerprint density at radius 3 is 3.16 bits per heavy atom. The van der Waals surface area contributed by atoms with Gasteiger partial charge in [-0.05, 0) is 37.4 Å². The number of hydrogen-bond donors (Lipinski definition) is 1. The average molecular weight is 257 g/mol. The molecule has 100 valence electrons. The van der Waals surface area contributed by atoms with Crippen LogP contribution in [-0.4, -0.2) is 26.3 Å². The zero-order valence-electron chi connectivity index (χ0n) is 11.0. The van der Waals surface area contributed by atoms with Crippen LogP contribution in [-0.2, 0) is 25.9 Å². The van der Waals surface area contributed by atoms with E-state index in [2.05, 4.69) is 31.1 Å². The Labute approximate surface area is 113 Å². The lowest BCUT2D eigenvalue weighted by Gasteiger charge is -2.14. The van der Waals surface area contributed by atoms with Crippen LogP contribution in [0.15, 0.2) is 24.5 Å². The van der Waals surface area contributed by atoms with Crippen molar-refractivity contribution in [3.63, 3.8) is 0 Å². The van der Waals surface area contributed by atoms with E-state index < -0.39 is 0 Å². The van der Waals surface area contributed by atoms with Gasteiger partial charge >= 0.3 is 0 Å². The number of nitrogens with zero attached hydrogens (tertiary/aromatic N) is 4. The van der Waals surface area contributed by atoms with Crippen LogP contribution in [0.5, 0.6) is 0 Å². The molecular weight excluding hydrogens is 238 g/mol. The maximum absolute atomic E-state index is 4.28. The highest BCUT2D eigenvalue weighted by Gasteiger charge is 2.14. The van der Waals surface area contributed by atoms with Gasteiger partial charge in [0.15, 0.2) is 0 Å². The normalized spacial score (nSPS) is 14.3. The molecule has 2 aromatic rings. The summed E-state index contributed by atoms with van der Waals surface area (Å²) in [4.78, 5) is 4.12. The van der Waals surface area contributed by atoms with E-state index in [9.17, 15) is 0 Å². The maximum Gasteiger partial charge on any atom is 0.147 e. The van der Waals surface area contributed by atoms with Gasteiger partial charge in [-0.2, -0.15) is 0 Å². The molecule has 3 rings (SSSR count). The van der Waals surface area contributed by atoms with Gasteiger partial charge in [0.25, 0.3) is 0 Å². The molecule has 5 heteroatoms. The summed E-state index contributed by atoms with van der Waals surface area (Å²) in [5, 5.41) is 12.0. The Morgan fingerprint density at radius 2 is 2.26 bits per heavy atom. The SMILES string of the molecule is c1cncc(CCNCc2nnc3n2CCCC3)c1. The van der Waals surface area contributed by atoms with Crippen molar-refractivity contribution in [1.82, 2.24) is 25.1 Å². The summed E-state index contributed by atoms with van der Waals surface area (Å²) in [6.45, 7) is 2.81. The standard InChI is InChI=1S/C14H19N5/c1-2-9-19-13(5-1)17-18-14(19)11-16-8-6-12-4-3-7-15-10-12/h3-4,7,10,16H,1-2,5-6,8-9,11H2. The Morgan fingerprint density at radius 1 is 1.26 bits per heavy atom. The van der Waals surface area contributed by atoms with E-state index in [0.29, 0.717) is 0 Å². The highest BCUT2D eigenvalue weighted by molar-refractivity contribution is 5.08. The number of aromatic nitrogens is 4. The van der Waals surface area contributed by atoms with Gasteiger partial charge in [0.2, 0.25) is 0 Å². The van der Waals surface area contributed by atoms with Crippen LogP contribution in [0, 0.1) is 0 Å². The van der Waals surface area contributed by atoms with Crippen LogP contribution in [0.3, 0.4) is 0 Å². The van der Waals surface area contributed by atoms with Crippen molar-refractivity contribution < 1.29 is 0 Å². The van der Waals surface area contributed by atoms with E-state index in [1.807, 2.05) is 12.3 Å². The zero-order chi connectivity index (χ0) is 12.9. The highest BCUT2D eigenvalue weighted by atomic mass is 15.3. The third kappa shape index (κ3) is 2.98. The molecule has 1 aliphatic rings. The molecule has 0 radical (unpaired) electrons. The predicted octanol–water partition coefficient (Wildman–Crippen LogP) is 1.34. The number of hydrogen-bond acceptors (Lipinski definition) is 4. The molecule has 0 unspecified atom stereocenters. The average Bonchev–Trinajstić information content (AvgIpc) is 2.88. The smallest absolute Gasteiger partial charge is 0.147 e. The van der Waals surface area contributed by atoms with E-state index in [4.69, 9.17) is 0 Å². The Balaban J connectivity index is 1.49. The maximum atomic E-state index is 4.28. The van der Waals surface area contributed by atoms with E-state index in [1.165, 1.54) is 18.4 Å². The van der Waals surface area contributed by atoms with Crippen LogP contribution in [0.1, 0.15) is 30.1 Å². The van der Waals surface area contributed by atoms with Crippen LogP contribution >= 0.6 is 0 Å². The Hall–Kier alpha value is -1.75. The second-order valence-electron chi connectivity index (χ2n) is 4.93. The molecule has 1 N–H and O–H groups in total. The fourth-order valence-corrected chi connectivity index (χ4v) is 2.48. The molecule has 0 aliphatic carbocycles. The molecule has 0 atom stereocenters. The summed E-state index contributed by atoms with van der Waals surface area (Å²) in [5.74, 6) is 2.22. The van der Waals surface area contributed by atoms with E-state index in [1.54, 1.807) is 6.20 Å². The number of pyridine rings is 1. The molecule has 2 aromatic heterocycles. The van der Waals surface area contributed by atoms with E-state index in [0.717, 1.165) is 44.1 Å². The van der Waals surface area contributed by atoms with Crippen molar-refractivity contribution in [3.05, 3.63) is 41.7 Å². The molecule has 3 heterocycles. The summed E-state index contributed by atoms with van der Waals surface area (Å²) < 4.78 is 2.26. The largest absolute Gasteiger partial charge is 0.314 e. The third-order valence-corrected chi connectivity index (χ3v) is 3.53. The van der Waals surface area contributed by atoms with Crippen LogP contribution in [0.2, 0.25) is 0 Å². The Bertz CT molecular complexity index is 520. The molecule has 0 fully saturated rings. The summed E-state index contributed by atoms with van der Waals surface area (Å²) >= 11 is 0. The molecule has 0 amide bonds. The van der Waals surface area contributed by atoms with Crippen molar-refractivity contribution in [3.8, 4) is 0 Å². The second-order valence-corrected chi connectivity index (χ2v) is 4.93. The first-order valence-electron chi connectivity index (χ1n) is 6.94. The van der Waals surface area contributed by atoms with Gasteiger partial charge in [0.05, 0.1) is 6.54 Å². The van der Waals surface area contributed by atoms with E-state index in [-0.39, 0.29) is 0 Å². The Kier molecular flexibility index (Phi) is 3.83. The van der Waals surface area contributed by atoms with Crippen LogP contribution in [0.4, 0.5) is 0 Å². The van der Waals surface area contributed by atoms with Crippen LogP contribution in [0.25, 0.3) is 0 Å². The first kappa shape index (κ1) is 12.3. The number of nitrogens with one attached hydrogen (secondary N) is 1. The fraction of sp³-hybridized carbons (Fsp3) is 0.500. The minimum absolute atomic E-state index is 0.799. The van der Waals surface area contributed by atoms with Gasteiger partial charge in [0, 0.05) is 25.4 Å². The molecule has 0 aromatic carbocycles. The summed E-state index contributed by atoms with van der Waals surface area (Å²) in [5.41, 5.74) is 1.26. The van der Waals surface area contributed by atoms with E-state index >= 15 is 0 Å². The topological polar surface area (TPSA) is 55.6 Å². The molecule has 1 aliphatic heterocycles. The fourth-order valence-electron chi connectivity index (χ4n) is 2.48. The minimum Gasteiger partial charge on any atom is -0.314 e. The zero-order valence-corrected chi connectivity index (χ0v) is 11.0. The van der Waals surface area contributed by atoms with Crippen molar-refractivity contribution >= 4 is 0 Å². The molecular formula is C14H19N5. The molecule has 19 heavy (non-hydrogen) atoms. The summed E-state index contributed by atoms with van der Waals surface area (Å²) in [6.07, 6.45) is 8.28. The summed E-state index contributed by atoms with van der Waals surface area (Å²) in [6, 6.07) is 4.08. The lowest BCUT2D eigenvalue weighted by Crippen LogP contribution is -2.21. The number of fused-ring (bicyclic) bond motifs is 1. The van der Waals surface area contributed by atoms with Crippen molar-refractivity contribution in [1.29, 1.82) is 0 Å². The monoisotopic (exact) mass is 257 g/mol. The minimum atomic E-state index is 0.799. The van der Waals surface area contributed by atoms with Gasteiger partial charge in [-0.3, -0.25) is 4.98 Å². The highest BCUT2D eigenvalue weighted by Crippen LogP contribution is 2.13. The predicted molar refractivity (Wildman–Crippen MR) is 72.6 cm³/mol. The molecule has 0 bridgehead atoms. The quantitative estimate of drug-likeness (QED) is 0.821. The lowest BCUT2D eigenvalue weighted by molar-refractivity contribution is 0.498. The van der Waals surface area contributed by atoms with Gasteiger partial charge in [0.1, 0.15) is 11.6 Å². The first-order valence-corrected chi connectivity index (χ1v) is 6.94. The van der Waals surface area contributed by atoms with Crippen molar-refractivity contribution in [2.75, 3.05) is 6.54 Å². The lowest BCUT2D eigenvalue weighted by atomic mass is 10.1. The number of rotatable bonds is 5. The van der Waals surface area contributed by atoms with Gasteiger partial charge < -0.3 is 9.88 Å². The van der Waals surface area contributed by atoms with Gasteiger partial charge in [-0.1, -0.05) is 6.07 Å². The van der Waals surface area contributed by atoms with Crippen molar-refractivity contribution in [2.24, 2.45) is 0 Å². The van der Waals surface area contributed by atoms with Crippen LogP contribution < -0.4 is 5.32 Å². The van der Waals surface area contributed by atoms with Crippen molar-refractivity contribution in [2.45, 2.75) is 38.8 Å². The second kappa shape index (κ2) is 5.93. The molecule has 0 saturated heterocycles. The molecule has 0 spiro atoms. The summed E-state index contributed by atoms with van der Waals surface area (Å²) in [7, 11) is 0. The molecule has 0 saturated carbocycles. The molecule has 5 nitrogen and oxygen atoms in total. The third-order valence-electron chi connectivity index (χ3n) is 3.53. The first-order chi connectivity index (χ1) is 9.43.